The van der Waals surface area contributed by atoms with E-state index in [9.17, 15) is 4.79 Å². The molecule has 2 heterocycles. The van der Waals surface area contributed by atoms with Gasteiger partial charge in [-0.1, -0.05) is 48.2 Å². The van der Waals surface area contributed by atoms with Crippen molar-refractivity contribution >= 4 is 34.1 Å². The van der Waals surface area contributed by atoms with E-state index in [2.05, 4.69) is 20.5 Å². The Balaban J connectivity index is 1.38. The largest absolute Gasteiger partial charge is 0.496 e. The van der Waals surface area contributed by atoms with Gasteiger partial charge in [0.25, 0.3) is 11.1 Å². The Bertz CT molecular complexity index is 1150. The third kappa shape index (κ3) is 4.86. The third-order valence-corrected chi connectivity index (χ3v) is 5.77. The number of hydrogen-bond acceptors (Lipinski definition) is 9. The molecule has 0 aliphatic heterocycles. The lowest BCUT2D eigenvalue weighted by Gasteiger charge is -2.09. The molecule has 2 aromatic heterocycles. The van der Waals surface area contributed by atoms with Crippen LogP contribution in [0.3, 0.4) is 0 Å². The molecule has 0 aliphatic rings. The molecule has 1 amide bonds. The predicted molar refractivity (Wildman–Crippen MR) is 120 cm³/mol. The highest BCUT2D eigenvalue weighted by Crippen LogP contribution is 2.38. The molecule has 4 rings (SSSR count). The van der Waals surface area contributed by atoms with Crippen molar-refractivity contribution in [2.24, 2.45) is 0 Å². The lowest BCUT2D eigenvalue weighted by atomic mass is 10.2. The molecule has 0 saturated heterocycles. The lowest BCUT2D eigenvalue weighted by molar-refractivity contribution is -0.113. The Kier molecular flexibility index (Phi) is 6.48. The summed E-state index contributed by atoms with van der Waals surface area (Å²) in [5.74, 6) is 1.24. The first-order valence-electron chi connectivity index (χ1n) is 9.16. The zero-order chi connectivity index (χ0) is 21.6. The lowest BCUT2D eigenvalue weighted by Crippen LogP contribution is -2.13. The average Bonchev–Trinajstić information content (AvgIpc) is 3.47. The first-order valence-corrected chi connectivity index (χ1v) is 11.0. The molecule has 0 radical (unpaired) electrons. The molecular formula is C21H18N4O4S2. The number of anilines is 1. The molecule has 0 fully saturated rings. The Morgan fingerprint density at radius 2 is 1.81 bits per heavy atom. The van der Waals surface area contributed by atoms with E-state index in [1.165, 1.54) is 11.3 Å². The number of benzene rings is 2. The maximum absolute atomic E-state index is 12.3. The van der Waals surface area contributed by atoms with Crippen LogP contribution in [-0.4, -0.2) is 41.1 Å². The van der Waals surface area contributed by atoms with Gasteiger partial charge in [-0.25, -0.2) is 4.98 Å². The number of amides is 1. The van der Waals surface area contributed by atoms with Crippen LogP contribution in [0.25, 0.3) is 22.7 Å². The van der Waals surface area contributed by atoms with E-state index in [0.29, 0.717) is 22.2 Å². The van der Waals surface area contributed by atoms with Gasteiger partial charge in [-0.05, 0) is 12.1 Å². The van der Waals surface area contributed by atoms with Crippen molar-refractivity contribution in [1.29, 1.82) is 0 Å². The molecule has 158 valence electrons. The normalized spacial score (nSPS) is 10.6. The minimum atomic E-state index is -0.214. The third-order valence-electron chi connectivity index (χ3n) is 4.19. The Morgan fingerprint density at radius 1 is 1.06 bits per heavy atom. The van der Waals surface area contributed by atoms with E-state index in [4.69, 9.17) is 13.9 Å². The smallest absolute Gasteiger partial charge is 0.277 e. The average molecular weight is 455 g/mol. The summed E-state index contributed by atoms with van der Waals surface area (Å²) >= 11 is 2.51. The summed E-state index contributed by atoms with van der Waals surface area (Å²) in [4.78, 5) is 16.8. The van der Waals surface area contributed by atoms with Crippen LogP contribution >= 0.6 is 23.1 Å². The zero-order valence-electron chi connectivity index (χ0n) is 16.7. The number of thiazole rings is 1. The van der Waals surface area contributed by atoms with Crippen molar-refractivity contribution in [3.8, 4) is 34.2 Å². The van der Waals surface area contributed by atoms with E-state index in [-0.39, 0.29) is 22.8 Å². The second-order valence-electron chi connectivity index (χ2n) is 6.15. The summed E-state index contributed by atoms with van der Waals surface area (Å²) in [5, 5.41) is 13.6. The number of carbonyl (C=O) groups excluding carboxylic acids is 1. The molecule has 10 heteroatoms. The van der Waals surface area contributed by atoms with Crippen LogP contribution in [0.4, 0.5) is 5.13 Å². The number of thioether (sulfide) groups is 1. The molecule has 0 unspecified atom stereocenters. The monoisotopic (exact) mass is 454 g/mol. The van der Waals surface area contributed by atoms with Gasteiger partial charge in [0.15, 0.2) is 5.13 Å². The molecule has 0 atom stereocenters. The maximum atomic E-state index is 12.3. The number of nitrogens with one attached hydrogen (secondary N) is 1. The molecule has 0 spiro atoms. The summed E-state index contributed by atoms with van der Waals surface area (Å²) in [6.45, 7) is 0. The molecule has 31 heavy (non-hydrogen) atoms. The van der Waals surface area contributed by atoms with Crippen LogP contribution in [0.15, 0.2) is 63.6 Å². The SMILES string of the molecule is COc1cccc(OC)c1-c1nnc(SCC(=O)Nc2nc(-c3ccccc3)cs2)o1. The molecule has 0 aliphatic carbocycles. The minimum absolute atomic E-state index is 0.102. The van der Waals surface area contributed by atoms with Crippen molar-refractivity contribution in [2.75, 3.05) is 25.3 Å². The van der Waals surface area contributed by atoms with E-state index in [1.807, 2.05) is 35.7 Å². The number of methoxy groups -OCH3 is 2. The molecule has 4 aromatic rings. The topological polar surface area (TPSA) is 99.4 Å². The van der Waals surface area contributed by atoms with Crippen molar-refractivity contribution < 1.29 is 18.7 Å². The fourth-order valence-electron chi connectivity index (χ4n) is 2.79. The first-order chi connectivity index (χ1) is 15.2. The second-order valence-corrected chi connectivity index (χ2v) is 7.94. The van der Waals surface area contributed by atoms with Crippen molar-refractivity contribution in [3.63, 3.8) is 0 Å². The quantitative estimate of drug-likeness (QED) is 0.385. The van der Waals surface area contributed by atoms with E-state index in [1.54, 1.807) is 32.4 Å². The highest BCUT2D eigenvalue weighted by atomic mass is 32.2. The second kappa shape index (κ2) is 9.63. The molecule has 0 bridgehead atoms. The summed E-state index contributed by atoms with van der Waals surface area (Å²) in [7, 11) is 3.10. The fourth-order valence-corrected chi connectivity index (χ4v) is 4.09. The van der Waals surface area contributed by atoms with Crippen molar-refractivity contribution in [1.82, 2.24) is 15.2 Å². The van der Waals surface area contributed by atoms with E-state index in [0.717, 1.165) is 23.0 Å². The van der Waals surface area contributed by atoms with E-state index < -0.39 is 0 Å². The summed E-state index contributed by atoms with van der Waals surface area (Å²) < 4.78 is 16.4. The number of rotatable bonds is 8. The Morgan fingerprint density at radius 3 is 2.52 bits per heavy atom. The Hall–Kier alpha value is -3.37. The molecule has 0 saturated carbocycles. The summed E-state index contributed by atoms with van der Waals surface area (Å²) in [6, 6.07) is 15.1. The van der Waals surface area contributed by atoms with Crippen molar-refractivity contribution in [2.45, 2.75) is 5.22 Å². The van der Waals surface area contributed by atoms with Crippen LogP contribution < -0.4 is 14.8 Å². The van der Waals surface area contributed by atoms with E-state index >= 15 is 0 Å². The molecule has 2 aromatic carbocycles. The van der Waals surface area contributed by atoms with Crippen molar-refractivity contribution in [3.05, 3.63) is 53.9 Å². The van der Waals surface area contributed by atoms with Gasteiger partial charge in [0.1, 0.15) is 17.1 Å². The number of carbonyl (C=O) groups is 1. The fraction of sp³-hybridized carbons (Fsp3) is 0.143. The molecule has 8 nitrogen and oxygen atoms in total. The number of hydrogen-bond donors (Lipinski definition) is 1. The highest BCUT2D eigenvalue weighted by Gasteiger charge is 2.19. The number of aromatic nitrogens is 3. The standard InChI is InChI=1S/C21H18N4O4S2/c1-27-15-9-6-10-16(28-2)18(15)19-24-25-21(29-19)31-12-17(26)23-20-22-14(11-30-20)13-7-4-3-5-8-13/h3-11H,12H2,1-2H3,(H,22,23,26). The predicted octanol–water partition coefficient (Wildman–Crippen LogP) is 4.61. The maximum Gasteiger partial charge on any atom is 0.277 e. The number of nitrogens with zero attached hydrogens (tertiary/aromatic N) is 3. The van der Waals surface area contributed by atoms with Gasteiger partial charge in [0, 0.05) is 10.9 Å². The van der Waals surface area contributed by atoms with Crippen LogP contribution in [0, 0.1) is 0 Å². The molecular weight excluding hydrogens is 436 g/mol. The van der Waals surface area contributed by atoms with Gasteiger partial charge in [0.2, 0.25) is 5.91 Å². The van der Waals surface area contributed by atoms with Gasteiger partial charge in [-0.2, -0.15) is 0 Å². The molecule has 1 N–H and O–H groups in total. The number of ether oxygens (including phenoxy) is 2. The van der Waals surface area contributed by atoms with Crippen LogP contribution in [0.1, 0.15) is 0 Å². The van der Waals surface area contributed by atoms with Gasteiger partial charge < -0.3 is 19.2 Å². The summed E-state index contributed by atoms with van der Waals surface area (Å²) in [6.07, 6.45) is 0. The van der Waals surface area contributed by atoms with Gasteiger partial charge in [-0.15, -0.1) is 21.5 Å². The first kappa shape index (κ1) is 20.9. The minimum Gasteiger partial charge on any atom is -0.496 e. The van der Waals surface area contributed by atoms with Crippen LogP contribution in [-0.2, 0) is 4.79 Å². The zero-order valence-corrected chi connectivity index (χ0v) is 18.3. The Labute approximate surface area is 186 Å². The van der Waals surface area contributed by atoms with Crippen LogP contribution in [0.5, 0.6) is 11.5 Å². The summed E-state index contributed by atoms with van der Waals surface area (Å²) in [5.41, 5.74) is 2.38. The highest BCUT2D eigenvalue weighted by molar-refractivity contribution is 7.99. The van der Waals surface area contributed by atoms with Crippen LogP contribution in [0.2, 0.25) is 0 Å². The van der Waals surface area contributed by atoms with Gasteiger partial charge >= 0.3 is 0 Å². The van der Waals surface area contributed by atoms with Gasteiger partial charge in [-0.3, -0.25) is 4.79 Å². The van der Waals surface area contributed by atoms with Gasteiger partial charge in [0.05, 0.1) is 25.7 Å².